The lowest BCUT2D eigenvalue weighted by Gasteiger charge is -2.26. The Morgan fingerprint density at radius 3 is 2.34 bits per heavy atom. The highest BCUT2D eigenvalue weighted by Gasteiger charge is 2.42. The van der Waals surface area contributed by atoms with Gasteiger partial charge in [0.05, 0.1) is 22.9 Å². The van der Waals surface area contributed by atoms with Gasteiger partial charge in [0.25, 0.3) is 0 Å². The number of aromatic nitrogens is 1. The van der Waals surface area contributed by atoms with E-state index in [2.05, 4.69) is 15.6 Å². The SMILES string of the molecule is COCC(=O)Nc1ccc(N2C(=S)N[C@@H](c3ccccn3)[C@H]2c2ccc(-c3cc(C(=O)O)cc(C(=O)O)c3)o2)cc1. The molecule has 2 aromatic carbocycles. The van der Waals surface area contributed by atoms with Crippen molar-refractivity contribution >= 4 is 46.6 Å². The molecule has 208 valence electrons. The summed E-state index contributed by atoms with van der Waals surface area (Å²) in [6, 6.07) is 18.9. The van der Waals surface area contributed by atoms with Crippen molar-refractivity contribution in [2.75, 3.05) is 23.9 Å². The van der Waals surface area contributed by atoms with Crippen molar-refractivity contribution in [2.45, 2.75) is 12.1 Å². The van der Waals surface area contributed by atoms with Crippen LogP contribution in [0.3, 0.4) is 0 Å². The van der Waals surface area contributed by atoms with Crippen LogP contribution in [0.5, 0.6) is 0 Å². The van der Waals surface area contributed by atoms with Crippen molar-refractivity contribution in [3.05, 3.63) is 102 Å². The van der Waals surface area contributed by atoms with Crippen LogP contribution in [-0.2, 0) is 9.53 Å². The molecule has 0 spiro atoms. The van der Waals surface area contributed by atoms with Crippen LogP contribution < -0.4 is 15.5 Å². The number of hydrogen-bond acceptors (Lipinski definition) is 7. The molecule has 0 saturated carbocycles. The van der Waals surface area contributed by atoms with Crippen molar-refractivity contribution in [2.24, 2.45) is 0 Å². The topological polar surface area (TPSA) is 154 Å². The minimum absolute atomic E-state index is 0.0696. The van der Waals surface area contributed by atoms with Crippen molar-refractivity contribution in [3.8, 4) is 11.3 Å². The number of methoxy groups -OCH3 is 1. The van der Waals surface area contributed by atoms with E-state index in [4.69, 9.17) is 21.4 Å². The summed E-state index contributed by atoms with van der Waals surface area (Å²) in [4.78, 5) is 41.6. The number of furan rings is 1. The van der Waals surface area contributed by atoms with E-state index in [1.165, 1.54) is 19.2 Å². The van der Waals surface area contributed by atoms with E-state index in [-0.39, 0.29) is 23.6 Å². The van der Waals surface area contributed by atoms with Gasteiger partial charge in [0.2, 0.25) is 5.91 Å². The third kappa shape index (κ3) is 5.78. The van der Waals surface area contributed by atoms with Gasteiger partial charge in [-0.05, 0) is 78.9 Å². The minimum Gasteiger partial charge on any atom is -0.478 e. The number of aromatic carboxylic acids is 2. The number of pyridine rings is 1. The van der Waals surface area contributed by atoms with E-state index in [1.54, 1.807) is 36.5 Å². The van der Waals surface area contributed by atoms with Gasteiger partial charge in [-0.25, -0.2) is 9.59 Å². The van der Waals surface area contributed by atoms with E-state index in [0.717, 1.165) is 11.8 Å². The highest BCUT2D eigenvalue weighted by Crippen LogP contribution is 2.43. The number of nitrogens with one attached hydrogen (secondary N) is 2. The zero-order chi connectivity index (χ0) is 29.1. The number of rotatable bonds is 9. The van der Waals surface area contributed by atoms with Crippen LogP contribution in [0, 0.1) is 0 Å². The number of carboxylic acids is 2. The average molecular weight is 573 g/mol. The molecule has 1 saturated heterocycles. The number of thiocarbonyl (C=S) groups is 1. The molecule has 0 aliphatic carbocycles. The first kappa shape index (κ1) is 27.5. The smallest absolute Gasteiger partial charge is 0.335 e. The molecule has 41 heavy (non-hydrogen) atoms. The predicted molar refractivity (Wildman–Crippen MR) is 153 cm³/mol. The normalized spacial score (nSPS) is 16.3. The molecule has 4 aromatic rings. The second-order valence-electron chi connectivity index (χ2n) is 9.14. The van der Waals surface area contributed by atoms with Crippen molar-refractivity contribution in [1.29, 1.82) is 0 Å². The summed E-state index contributed by atoms with van der Waals surface area (Å²) in [6.07, 6.45) is 1.68. The Hall–Kier alpha value is -5.07. The monoisotopic (exact) mass is 572 g/mol. The maximum atomic E-state index is 11.9. The van der Waals surface area contributed by atoms with E-state index < -0.39 is 24.0 Å². The van der Waals surface area contributed by atoms with Crippen LogP contribution >= 0.6 is 12.2 Å². The average Bonchev–Trinajstić information content (AvgIpc) is 3.58. The fourth-order valence-corrected chi connectivity index (χ4v) is 4.99. The number of carboxylic acid groups (broad SMARTS) is 2. The van der Waals surface area contributed by atoms with Crippen molar-refractivity contribution < 1.29 is 33.8 Å². The number of nitrogens with zero attached hydrogens (tertiary/aromatic N) is 2. The lowest BCUT2D eigenvalue weighted by atomic mass is 10.0. The van der Waals surface area contributed by atoms with Crippen LogP contribution in [-0.4, -0.2) is 51.9 Å². The Morgan fingerprint density at radius 1 is 1.02 bits per heavy atom. The molecule has 1 amide bonds. The quantitative estimate of drug-likeness (QED) is 0.210. The second-order valence-corrected chi connectivity index (χ2v) is 9.52. The first-order valence-corrected chi connectivity index (χ1v) is 12.8. The number of ether oxygens (including phenoxy) is 1. The summed E-state index contributed by atoms with van der Waals surface area (Å²) in [6.45, 7) is -0.0696. The lowest BCUT2D eigenvalue weighted by Crippen LogP contribution is -2.29. The summed E-state index contributed by atoms with van der Waals surface area (Å²) in [7, 11) is 1.44. The summed E-state index contributed by atoms with van der Waals surface area (Å²) < 4.78 is 11.1. The molecular weight excluding hydrogens is 548 g/mol. The molecular formula is C29H24N4O7S. The Bertz CT molecular complexity index is 1590. The molecule has 12 heteroatoms. The molecule has 0 unspecified atom stereocenters. The molecule has 1 aliphatic rings. The minimum atomic E-state index is -1.25. The first-order chi connectivity index (χ1) is 19.7. The molecule has 4 N–H and O–H groups in total. The number of amides is 1. The molecule has 2 aromatic heterocycles. The van der Waals surface area contributed by atoms with Gasteiger partial charge >= 0.3 is 11.9 Å². The van der Waals surface area contributed by atoms with Gasteiger partial charge in [0, 0.05) is 30.2 Å². The molecule has 1 fully saturated rings. The van der Waals surface area contributed by atoms with E-state index in [1.807, 2.05) is 29.2 Å². The van der Waals surface area contributed by atoms with Crippen molar-refractivity contribution in [1.82, 2.24) is 10.3 Å². The van der Waals surface area contributed by atoms with E-state index >= 15 is 0 Å². The summed E-state index contributed by atoms with van der Waals surface area (Å²) in [5.74, 6) is -2.02. The van der Waals surface area contributed by atoms with Crippen LogP contribution in [0.1, 0.15) is 44.3 Å². The molecule has 2 atom stereocenters. The lowest BCUT2D eigenvalue weighted by molar-refractivity contribution is -0.119. The Labute approximate surface area is 239 Å². The highest BCUT2D eigenvalue weighted by atomic mass is 32.1. The Morgan fingerprint density at radius 2 is 1.73 bits per heavy atom. The maximum absolute atomic E-state index is 11.9. The van der Waals surface area contributed by atoms with Gasteiger partial charge < -0.3 is 34.9 Å². The Kier molecular flexibility index (Phi) is 7.77. The zero-order valence-electron chi connectivity index (χ0n) is 21.6. The number of anilines is 2. The van der Waals surface area contributed by atoms with E-state index in [0.29, 0.717) is 33.6 Å². The summed E-state index contributed by atoms with van der Waals surface area (Å²) >= 11 is 5.73. The molecule has 0 radical (unpaired) electrons. The number of benzene rings is 2. The fourth-order valence-electron chi connectivity index (χ4n) is 4.64. The third-order valence-electron chi connectivity index (χ3n) is 6.43. The summed E-state index contributed by atoms with van der Waals surface area (Å²) in [5.41, 5.74) is 1.97. The summed E-state index contributed by atoms with van der Waals surface area (Å²) in [5, 5.41) is 25.5. The van der Waals surface area contributed by atoms with Gasteiger partial charge in [0.15, 0.2) is 5.11 Å². The Balaban J connectivity index is 1.54. The van der Waals surface area contributed by atoms with Crippen LogP contribution in [0.15, 0.2) is 83.4 Å². The standard InChI is InChI=1S/C29H24N4O7S/c1-39-15-24(34)31-19-5-7-20(8-6-19)33-26(25(32-29(33)41)21-4-2-3-11-30-21)23-10-9-22(40-23)16-12-17(27(35)36)14-18(13-16)28(37)38/h2-14,25-26H,15H2,1H3,(H,31,34)(H,32,41)(H,35,36)(H,37,38)/t25-,26+/m0/s1. The predicted octanol–water partition coefficient (Wildman–Crippen LogP) is 4.50. The van der Waals surface area contributed by atoms with Gasteiger partial charge in [-0.2, -0.15) is 0 Å². The second kappa shape index (κ2) is 11.6. The van der Waals surface area contributed by atoms with Gasteiger partial charge in [-0.15, -0.1) is 0 Å². The van der Waals surface area contributed by atoms with Crippen LogP contribution in [0.25, 0.3) is 11.3 Å². The molecule has 1 aliphatic heterocycles. The zero-order valence-corrected chi connectivity index (χ0v) is 22.4. The number of hydrogen-bond donors (Lipinski definition) is 4. The highest BCUT2D eigenvalue weighted by molar-refractivity contribution is 7.80. The van der Waals surface area contributed by atoms with Crippen LogP contribution in [0.4, 0.5) is 11.4 Å². The van der Waals surface area contributed by atoms with Gasteiger partial charge in [-0.1, -0.05) is 6.07 Å². The molecule has 0 bridgehead atoms. The molecule has 3 heterocycles. The van der Waals surface area contributed by atoms with Crippen LogP contribution in [0.2, 0.25) is 0 Å². The van der Waals surface area contributed by atoms with Gasteiger partial charge in [0.1, 0.15) is 24.2 Å². The first-order valence-electron chi connectivity index (χ1n) is 12.4. The molecule has 11 nitrogen and oxygen atoms in total. The van der Waals surface area contributed by atoms with E-state index in [9.17, 15) is 24.6 Å². The number of carbonyl (C=O) groups is 3. The van der Waals surface area contributed by atoms with Crippen molar-refractivity contribution in [3.63, 3.8) is 0 Å². The maximum Gasteiger partial charge on any atom is 0.335 e. The number of carbonyl (C=O) groups excluding carboxylic acids is 1. The molecule has 5 rings (SSSR count). The van der Waals surface area contributed by atoms with Gasteiger partial charge in [-0.3, -0.25) is 9.78 Å². The largest absolute Gasteiger partial charge is 0.478 e. The third-order valence-corrected chi connectivity index (χ3v) is 6.75. The fraction of sp³-hybridized carbons (Fsp3) is 0.138.